The molecule has 1 saturated carbocycles. The van der Waals surface area contributed by atoms with E-state index >= 15 is 0 Å². The number of aliphatic imine (C=N–C) groups is 1. The van der Waals surface area contributed by atoms with Crippen molar-refractivity contribution in [2.24, 2.45) is 10.9 Å². The van der Waals surface area contributed by atoms with E-state index in [0.717, 1.165) is 23.5 Å². The standard InChI is InChI=1S/C20H29N5O3.HI/c1-3-21-19(22-8-9-25-18(26)12-24-20(25)27)23-11-16-7-4-14(2)10-17(16)28-13-15-5-6-15;/h4,7,10,15H,3,5-6,8-9,11-13H2,1-2H3,(H,24,27)(H2,21,22,23);1H. The first-order valence-corrected chi connectivity index (χ1v) is 9.89. The minimum Gasteiger partial charge on any atom is -0.493 e. The Hall–Kier alpha value is -2.04. The Bertz CT molecular complexity index is 736. The topological polar surface area (TPSA) is 95.1 Å². The van der Waals surface area contributed by atoms with Crippen molar-refractivity contribution in [1.29, 1.82) is 0 Å². The summed E-state index contributed by atoms with van der Waals surface area (Å²) in [5.74, 6) is 2.03. The van der Waals surface area contributed by atoms with Crippen LogP contribution in [0.5, 0.6) is 5.75 Å². The number of imide groups is 1. The van der Waals surface area contributed by atoms with Gasteiger partial charge in [-0.1, -0.05) is 12.1 Å². The molecule has 0 spiro atoms. The number of hydrogen-bond acceptors (Lipinski definition) is 4. The molecule has 0 atom stereocenters. The Balaban J connectivity index is 0.00000300. The van der Waals surface area contributed by atoms with Crippen molar-refractivity contribution in [2.45, 2.75) is 33.2 Å². The average Bonchev–Trinajstić information content (AvgIpc) is 3.45. The smallest absolute Gasteiger partial charge is 0.324 e. The highest BCUT2D eigenvalue weighted by molar-refractivity contribution is 14.0. The molecule has 0 unspecified atom stereocenters. The van der Waals surface area contributed by atoms with Gasteiger partial charge >= 0.3 is 6.03 Å². The molecule has 1 heterocycles. The molecule has 0 radical (unpaired) electrons. The van der Waals surface area contributed by atoms with Gasteiger partial charge in [0.2, 0.25) is 5.91 Å². The highest BCUT2D eigenvalue weighted by atomic mass is 127. The number of nitrogens with one attached hydrogen (secondary N) is 3. The molecule has 0 aromatic heterocycles. The highest BCUT2D eigenvalue weighted by Gasteiger charge is 2.27. The van der Waals surface area contributed by atoms with Crippen molar-refractivity contribution in [1.82, 2.24) is 20.9 Å². The molecular weight excluding hydrogens is 485 g/mol. The van der Waals surface area contributed by atoms with E-state index in [0.29, 0.717) is 38.1 Å². The number of halogens is 1. The van der Waals surface area contributed by atoms with Crippen molar-refractivity contribution in [2.75, 3.05) is 32.8 Å². The summed E-state index contributed by atoms with van der Waals surface area (Å²) in [6, 6.07) is 5.83. The number of carbonyl (C=O) groups is 2. The Morgan fingerprint density at radius 2 is 2.10 bits per heavy atom. The van der Waals surface area contributed by atoms with Gasteiger partial charge in [0.1, 0.15) is 5.75 Å². The number of hydrogen-bond donors (Lipinski definition) is 3. The summed E-state index contributed by atoms with van der Waals surface area (Å²) in [5.41, 5.74) is 2.20. The molecule has 0 bridgehead atoms. The first kappa shape index (κ1) is 23.2. The van der Waals surface area contributed by atoms with Crippen molar-refractivity contribution in [3.05, 3.63) is 29.3 Å². The molecular formula is C20H30IN5O3. The van der Waals surface area contributed by atoms with E-state index < -0.39 is 0 Å². The van der Waals surface area contributed by atoms with Crippen LogP contribution in [-0.2, 0) is 11.3 Å². The lowest BCUT2D eigenvalue weighted by atomic mass is 10.1. The molecule has 3 rings (SSSR count). The van der Waals surface area contributed by atoms with E-state index in [1.165, 1.54) is 17.7 Å². The maximum atomic E-state index is 11.6. The largest absolute Gasteiger partial charge is 0.493 e. The zero-order chi connectivity index (χ0) is 19.9. The third-order valence-electron chi connectivity index (χ3n) is 4.71. The van der Waals surface area contributed by atoms with Crippen LogP contribution in [0.1, 0.15) is 30.9 Å². The number of guanidine groups is 1. The first-order valence-electron chi connectivity index (χ1n) is 9.89. The number of urea groups is 1. The minimum absolute atomic E-state index is 0. The molecule has 29 heavy (non-hydrogen) atoms. The van der Waals surface area contributed by atoms with Gasteiger partial charge in [-0.25, -0.2) is 9.79 Å². The van der Waals surface area contributed by atoms with Crippen molar-refractivity contribution < 1.29 is 14.3 Å². The van der Waals surface area contributed by atoms with Gasteiger partial charge in [-0.2, -0.15) is 0 Å². The van der Waals surface area contributed by atoms with Crippen LogP contribution in [0.2, 0.25) is 0 Å². The van der Waals surface area contributed by atoms with Crippen LogP contribution in [0.4, 0.5) is 4.79 Å². The maximum absolute atomic E-state index is 11.6. The summed E-state index contributed by atoms with van der Waals surface area (Å²) in [6.45, 7) is 6.82. The SMILES string of the molecule is CCNC(=NCc1ccc(C)cc1OCC1CC1)NCCN1C(=O)CNC1=O.I. The molecule has 2 aliphatic rings. The second-order valence-electron chi connectivity index (χ2n) is 7.19. The van der Waals surface area contributed by atoms with E-state index in [1.54, 1.807) is 0 Å². The lowest BCUT2D eigenvalue weighted by Crippen LogP contribution is -2.43. The van der Waals surface area contributed by atoms with Crippen molar-refractivity contribution >= 4 is 41.9 Å². The normalized spacial score (nSPS) is 16.3. The van der Waals surface area contributed by atoms with Crippen LogP contribution in [0.25, 0.3) is 0 Å². The van der Waals surface area contributed by atoms with Crippen LogP contribution in [0.3, 0.4) is 0 Å². The lowest BCUT2D eigenvalue weighted by molar-refractivity contribution is -0.124. The fourth-order valence-electron chi connectivity index (χ4n) is 2.89. The second kappa shape index (κ2) is 11.2. The van der Waals surface area contributed by atoms with Crippen molar-refractivity contribution in [3.8, 4) is 5.75 Å². The minimum atomic E-state index is -0.342. The van der Waals surface area contributed by atoms with E-state index in [2.05, 4.69) is 46.1 Å². The fraction of sp³-hybridized carbons (Fsp3) is 0.550. The molecule has 2 fully saturated rings. The van der Waals surface area contributed by atoms with E-state index in [9.17, 15) is 9.59 Å². The molecule has 160 valence electrons. The summed E-state index contributed by atoms with van der Waals surface area (Å²) >= 11 is 0. The Labute approximate surface area is 188 Å². The van der Waals surface area contributed by atoms with E-state index in [1.807, 2.05) is 6.92 Å². The number of nitrogens with zero attached hydrogens (tertiary/aromatic N) is 2. The van der Waals surface area contributed by atoms with E-state index in [-0.39, 0.29) is 42.5 Å². The van der Waals surface area contributed by atoms with Gasteiger partial charge in [0, 0.05) is 25.2 Å². The average molecular weight is 515 g/mol. The van der Waals surface area contributed by atoms with Gasteiger partial charge in [0.25, 0.3) is 0 Å². The number of ether oxygens (including phenoxy) is 1. The summed E-state index contributed by atoms with van der Waals surface area (Å²) in [4.78, 5) is 29.1. The molecule has 1 aliphatic heterocycles. The van der Waals surface area contributed by atoms with E-state index in [4.69, 9.17) is 4.74 Å². The molecule has 3 N–H and O–H groups in total. The molecule has 1 saturated heterocycles. The zero-order valence-electron chi connectivity index (χ0n) is 17.0. The maximum Gasteiger partial charge on any atom is 0.324 e. The van der Waals surface area contributed by atoms with Crippen LogP contribution in [0, 0.1) is 12.8 Å². The molecule has 1 aromatic rings. The summed E-state index contributed by atoms with van der Waals surface area (Å²) in [6.07, 6.45) is 2.51. The Morgan fingerprint density at radius 1 is 1.31 bits per heavy atom. The van der Waals surface area contributed by atoms with Gasteiger partial charge in [-0.05, 0) is 44.2 Å². The number of aryl methyl sites for hydroxylation is 1. The number of carbonyl (C=O) groups excluding carboxylic acids is 2. The molecule has 3 amide bonds. The number of amides is 3. The van der Waals surface area contributed by atoms with Gasteiger partial charge in [-0.3, -0.25) is 9.69 Å². The third kappa shape index (κ3) is 7.06. The summed E-state index contributed by atoms with van der Waals surface area (Å²) in [5, 5.41) is 8.87. The summed E-state index contributed by atoms with van der Waals surface area (Å²) < 4.78 is 6.01. The third-order valence-corrected chi connectivity index (χ3v) is 4.71. The van der Waals surface area contributed by atoms with Crippen molar-refractivity contribution in [3.63, 3.8) is 0 Å². The molecule has 9 heteroatoms. The van der Waals surface area contributed by atoms with Gasteiger partial charge in [0.15, 0.2) is 5.96 Å². The number of benzene rings is 1. The quantitative estimate of drug-likeness (QED) is 0.203. The Kier molecular flexibility index (Phi) is 8.99. The second-order valence-corrected chi connectivity index (χ2v) is 7.19. The van der Waals surface area contributed by atoms with Gasteiger partial charge < -0.3 is 20.7 Å². The zero-order valence-corrected chi connectivity index (χ0v) is 19.3. The molecule has 1 aliphatic carbocycles. The number of rotatable bonds is 9. The van der Waals surface area contributed by atoms with Crippen LogP contribution in [-0.4, -0.2) is 55.6 Å². The van der Waals surface area contributed by atoms with Crippen LogP contribution >= 0.6 is 24.0 Å². The monoisotopic (exact) mass is 515 g/mol. The molecule has 1 aromatic carbocycles. The highest BCUT2D eigenvalue weighted by Crippen LogP contribution is 2.30. The fourth-order valence-corrected chi connectivity index (χ4v) is 2.89. The van der Waals surface area contributed by atoms with Crippen LogP contribution < -0.4 is 20.7 Å². The molecule has 8 nitrogen and oxygen atoms in total. The van der Waals surface area contributed by atoms with Crippen LogP contribution in [0.15, 0.2) is 23.2 Å². The Morgan fingerprint density at radius 3 is 2.76 bits per heavy atom. The predicted octanol–water partition coefficient (Wildman–Crippen LogP) is 2.01. The summed E-state index contributed by atoms with van der Waals surface area (Å²) in [7, 11) is 0. The predicted molar refractivity (Wildman–Crippen MR) is 123 cm³/mol. The van der Waals surface area contributed by atoms with Gasteiger partial charge in [0.05, 0.1) is 19.7 Å². The first-order chi connectivity index (χ1) is 13.6. The lowest BCUT2D eigenvalue weighted by Gasteiger charge is -2.16. The van der Waals surface area contributed by atoms with Gasteiger partial charge in [-0.15, -0.1) is 24.0 Å².